The van der Waals surface area contributed by atoms with Crippen LogP contribution in [0.2, 0.25) is 0 Å². The molecule has 24 heavy (non-hydrogen) atoms. The number of aromatic nitrogens is 1. The number of carbonyl (C=O) groups is 2. The van der Waals surface area contributed by atoms with E-state index in [4.69, 9.17) is 0 Å². The van der Waals surface area contributed by atoms with Gasteiger partial charge in [-0.1, -0.05) is 30.8 Å². The number of hydrogen-bond acceptors (Lipinski definition) is 3. The van der Waals surface area contributed by atoms with Crippen molar-refractivity contribution in [1.82, 2.24) is 15.2 Å². The molecule has 124 valence electrons. The Morgan fingerprint density at radius 1 is 1.33 bits per heavy atom. The fourth-order valence-electron chi connectivity index (χ4n) is 3.00. The first-order chi connectivity index (χ1) is 11.5. The average Bonchev–Trinajstić information content (AvgIpc) is 2.59. The van der Waals surface area contributed by atoms with Crippen molar-refractivity contribution in [2.75, 3.05) is 13.1 Å². The zero-order valence-electron chi connectivity index (χ0n) is 13.8. The minimum absolute atomic E-state index is 0.121. The number of nitrogens with one attached hydrogen (secondary N) is 1. The number of fused-ring (bicyclic) bond motifs is 1. The molecule has 1 aromatic heterocycles. The molecule has 0 saturated carbocycles. The number of nitrogens with zero attached hydrogens (tertiary/aromatic N) is 2. The quantitative estimate of drug-likeness (QED) is 0.857. The smallest absolute Gasteiger partial charge is 0.246 e. The molecule has 5 heteroatoms. The largest absolute Gasteiger partial charge is 0.354 e. The van der Waals surface area contributed by atoms with Crippen LogP contribution in [0.5, 0.6) is 0 Å². The second kappa shape index (κ2) is 6.43. The number of benzene rings is 1. The van der Waals surface area contributed by atoms with E-state index in [9.17, 15) is 9.59 Å². The topological polar surface area (TPSA) is 62.3 Å². The number of carbonyl (C=O) groups excluding carboxylic acids is 2. The third-order valence-electron chi connectivity index (χ3n) is 4.67. The fourth-order valence-corrected chi connectivity index (χ4v) is 3.00. The Balaban J connectivity index is 1.58. The van der Waals surface area contributed by atoms with Crippen molar-refractivity contribution in [1.29, 1.82) is 0 Å². The SMILES string of the molecule is C=CC(=O)N1CCC1(C)C(=O)NCCc1ccc2ccccc2n1. The molecular weight excluding hydrogens is 302 g/mol. The van der Waals surface area contributed by atoms with Gasteiger partial charge in [0.1, 0.15) is 5.54 Å². The highest BCUT2D eigenvalue weighted by molar-refractivity contribution is 5.96. The van der Waals surface area contributed by atoms with Crippen LogP contribution in [0.3, 0.4) is 0 Å². The lowest BCUT2D eigenvalue weighted by Gasteiger charge is -2.48. The summed E-state index contributed by atoms with van der Waals surface area (Å²) in [5, 5.41) is 4.03. The van der Waals surface area contributed by atoms with Crippen LogP contribution in [0, 0.1) is 0 Å². The average molecular weight is 323 g/mol. The fraction of sp³-hybridized carbons (Fsp3) is 0.316. The molecule has 0 radical (unpaired) electrons. The van der Waals surface area contributed by atoms with Crippen molar-refractivity contribution < 1.29 is 9.59 Å². The van der Waals surface area contributed by atoms with Crippen LogP contribution in [-0.4, -0.2) is 40.3 Å². The van der Waals surface area contributed by atoms with Crippen molar-refractivity contribution in [2.24, 2.45) is 0 Å². The van der Waals surface area contributed by atoms with Crippen molar-refractivity contribution in [3.8, 4) is 0 Å². The first kappa shape index (κ1) is 16.2. The van der Waals surface area contributed by atoms with Crippen LogP contribution in [0.25, 0.3) is 10.9 Å². The van der Waals surface area contributed by atoms with Gasteiger partial charge in [0.2, 0.25) is 11.8 Å². The highest BCUT2D eigenvalue weighted by Gasteiger charge is 2.48. The molecule has 1 atom stereocenters. The Bertz CT molecular complexity index is 802. The predicted molar refractivity (Wildman–Crippen MR) is 93.4 cm³/mol. The maximum Gasteiger partial charge on any atom is 0.246 e. The third kappa shape index (κ3) is 2.89. The predicted octanol–water partition coefficient (Wildman–Crippen LogP) is 2.07. The standard InChI is InChI=1S/C19H21N3O2/c1-3-17(23)22-13-11-19(22,2)18(24)20-12-10-15-9-8-14-6-4-5-7-16(14)21-15/h3-9H,1,10-13H2,2H3,(H,20,24). The molecule has 3 rings (SSSR count). The van der Waals surface area contributed by atoms with Crippen molar-refractivity contribution in [3.63, 3.8) is 0 Å². The van der Waals surface area contributed by atoms with Crippen LogP contribution < -0.4 is 5.32 Å². The summed E-state index contributed by atoms with van der Waals surface area (Å²) in [6.45, 7) is 6.37. The molecule has 1 aliphatic heterocycles. The van der Waals surface area contributed by atoms with Gasteiger partial charge in [-0.05, 0) is 31.6 Å². The summed E-state index contributed by atoms with van der Waals surface area (Å²) in [6.07, 6.45) is 2.58. The van der Waals surface area contributed by atoms with Gasteiger partial charge in [0, 0.05) is 30.6 Å². The first-order valence-corrected chi connectivity index (χ1v) is 8.11. The van der Waals surface area contributed by atoms with E-state index in [0.717, 1.165) is 16.6 Å². The molecule has 0 bridgehead atoms. The minimum atomic E-state index is -0.762. The number of pyridine rings is 1. The van der Waals surface area contributed by atoms with E-state index in [1.54, 1.807) is 11.8 Å². The molecule has 1 unspecified atom stereocenters. The third-order valence-corrected chi connectivity index (χ3v) is 4.67. The highest BCUT2D eigenvalue weighted by Crippen LogP contribution is 2.30. The van der Waals surface area contributed by atoms with Crippen molar-refractivity contribution >= 4 is 22.7 Å². The summed E-state index contributed by atoms with van der Waals surface area (Å²) in [5.74, 6) is -0.320. The van der Waals surface area contributed by atoms with E-state index in [1.807, 2.05) is 36.4 Å². The van der Waals surface area contributed by atoms with Crippen LogP contribution >= 0.6 is 0 Å². The normalized spacial score (nSPS) is 19.6. The Labute approximate surface area is 141 Å². The van der Waals surface area contributed by atoms with Crippen LogP contribution in [-0.2, 0) is 16.0 Å². The molecule has 1 fully saturated rings. The van der Waals surface area contributed by atoms with Gasteiger partial charge < -0.3 is 10.2 Å². The van der Waals surface area contributed by atoms with Gasteiger partial charge in [0.05, 0.1) is 5.52 Å². The zero-order chi connectivity index (χ0) is 17.2. The van der Waals surface area contributed by atoms with Gasteiger partial charge in [-0.2, -0.15) is 0 Å². The van der Waals surface area contributed by atoms with E-state index >= 15 is 0 Å². The second-order valence-electron chi connectivity index (χ2n) is 6.22. The van der Waals surface area contributed by atoms with Gasteiger partial charge in [0.15, 0.2) is 0 Å². The van der Waals surface area contributed by atoms with Crippen molar-refractivity contribution in [2.45, 2.75) is 25.3 Å². The molecule has 2 amide bonds. The lowest BCUT2D eigenvalue weighted by Crippen LogP contribution is -2.67. The summed E-state index contributed by atoms with van der Waals surface area (Å²) >= 11 is 0. The monoisotopic (exact) mass is 323 g/mol. The molecule has 0 spiro atoms. The van der Waals surface area contributed by atoms with E-state index in [1.165, 1.54) is 6.08 Å². The molecule has 1 N–H and O–H groups in total. The Morgan fingerprint density at radius 2 is 2.12 bits per heavy atom. The lowest BCUT2D eigenvalue weighted by molar-refractivity contribution is -0.154. The van der Waals surface area contributed by atoms with Crippen LogP contribution in [0.4, 0.5) is 0 Å². The Hall–Kier alpha value is -2.69. The summed E-state index contributed by atoms with van der Waals surface area (Å²) in [6, 6.07) is 12.0. The molecule has 0 aliphatic carbocycles. The van der Waals surface area contributed by atoms with Gasteiger partial charge in [-0.3, -0.25) is 14.6 Å². The lowest BCUT2D eigenvalue weighted by atomic mass is 9.85. The van der Waals surface area contributed by atoms with Gasteiger partial charge in [-0.25, -0.2) is 0 Å². The summed E-state index contributed by atoms with van der Waals surface area (Å²) in [5.41, 5.74) is 1.13. The molecule has 2 heterocycles. The Morgan fingerprint density at radius 3 is 2.83 bits per heavy atom. The second-order valence-corrected chi connectivity index (χ2v) is 6.22. The zero-order valence-corrected chi connectivity index (χ0v) is 13.8. The van der Waals surface area contributed by atoms with Crippen LogP contribution in [0.1, 0.15) is 19.0 Å². The summed E-state index contributed by atoms with van der Waals surface area (Å²) in [7, 11) is 0. The number of para-hydroxylation sites is 1. The first-order valence-electron chi connectivity index (χ1n) is 8.11. The van der Waals surface area contributed by atoms with Gasteiger partial charge >= 0.3 is 0 Å². The van der Waals surface area contributed by atoms with Crippen LogP contribution in [0.15, 0.2) is 49.1 Å². The summed E-state index contributed by atoms with van der Waals surface area (Å²) < 4.78 is 0. The maximum absolute atomic E-state index is 12.4. The number of hydrogen-bond donors (Lipinski definition) is 1. The van der Waals surface area contributed by atoms with E-state index in [-0.39, 0.29) is 11.8 Å². The van der Waals surface area contributed by atoms with E-state index < -0.39 is 5.54 Å². The minimum Gasteiger partial charge on any atom is -0.354 e. The molecular formula is C19H21N3O2. The Kier molecular flexibility index (Phi) is 4.34. The van der Waals surface area contributed by atoms with Crippen molar-refractivity contribution in [3.05, 3.63) is 54.7 Å². The molecule has 5 nitrogen and oxygen atoms in total. The number of amides is 2. The molecule has 1 saturated heterocycles. The molecule has 2 aromatic rings. The number of likely N-dealkylation sites (tertiary alicyclic amines) is 1. The van der Waals surface area contributed by atoms with Gasteiger partial charge in [0.25, 0.3) is 0 Å². The molecule has 1 aliphatic rings. The van der Waals surface area contributed by atoms with Gasteiger partial charge in [-0.15, -0.1) is 0 Å². The number of rotatable bonds is 5. The summed E-state index contributed by atoms with van der Waals surface area (Å²) in [4.78, 5) is 30.3. The van der Waals surface area contributed by atoms with E-state index in [0.29, 0.717) is 25.9 Å². The molecule has 1 aromatic carbocycles. The highest BCUT2D eigenvalue weighted by atomic mass is 16.2. The maximum atomic E-state index is 12.4. The van der Waals surface area contributed by atoms with E-state index in [2.05, 4.69) is 16.9 Å².